The van der Waals surface area contributed by atoms with Crippen LogP contribution < -0.4 is 5.32 Å². The molecule has 2 aliphatic rings. The monoisotopic (exact) mass is 375 g/mol. The molecule has 142 valence electrons. The predicted molar refractivity (Wildman–Crippen MR) is 103 cm³/mol. The van der Waals surface area contributed by atoms with E-state index >= 15 is 0 Å². The fraction of sp³-hybridized carbons (Fsp3) is 0.350. The highest BCUT2D eigenvalue weighted by Gasteiger charge is 2.47. The van der Waals surface area contributed by atoms with Crippen LogP contribution >= 0.6 is 0 Å². The highest BCUT2D eigenvalue weighted by molar-refractivity contribution is 5.98. The molecule has 2 bridgehead atoms. The van der Waals surface area contributed by atoms with Crippen LogP contribution in [0.15, 0.2) is 49.1 Å². The number of likely N-dealkylation sites (tertiary alicyclic amines) is 1. The Hall–Kier alpha value is -3.29. The summed E-state index contributed by atoms with van der Waals surface area (Å²) in [6, 6.07) is 7.84. The second-order valence-corrected chi connectivity index (χ2v) is 7.49. The van der Waals surface area contributed by atoms with Crippen molar-refractivity contribution in [1.29, 1.82) is 0 Å². The zero-order valence-electron chi connectivity index (χ0n) is 15.6. The summed E-state index contributed by atoms with van der Waals surface area (Å²) in [6.45, 7) is 2.71. The molecule has 2 aromatic heterocycles. The van der Waals surface area contributed by atoms with Crippen molar-refractivity contribution in [2.75, 3.05) is 11.9 Å². The van der Waals surface area contributed by atoms with Crippen molar-refractivity contribution >= 4 is 11.7 Å². The quantitative estimate of drug-likeness (QED) is 0.751. The molecule has 0 radical (unpaired) electrons. The van der Waals surface area contributed by atoms with Crippen molar-refractivity contribution in [2.45, 2.75) is 31.8 Å². The van der Waals surface area contributed by atoms with Gasteiger partial charge in [-0.25, -0.2) is 4.98 Å². The minimum Gasteiger partial charge on any atom is -0.364 e. The maximum atomic E-state index is 13.4. The molecule has 1 N–H and O–H groups in total. The van der Waals surface area contributed by atoms with Crippen LogP contribution in [-0.4, -0.2) is 54.4 Å². The lowest BCUT2D eigenvalue weighted by Crippen LogP contribution is -2.48. The summed E-state index contributed by atoms with van der Waals surface area (Å²) in [4.78, 5) is 25.6. The summed E-state index contributed by atoms with van der Waals surface area (Å²) < 4.78 is 0. The minimum absolute atomic E-state index is 0.0295. The lowest BCUT2D eigenvalue weighted by molar-refractivity contribution is 0.0691. The van der Waals surface area contributed by atoms with Crippen LogP contribution in [0.4, 0.5) is 5.82 Å². The molecule has 3 aromatic rings. The molecule has 3 heterocycles. The topological polar surface area (TPSA) is 88.8 Å². The number of fused-ring (bicyclic) bond motifs is 2. The number of amides is 1. The second kappa shape index (κ2) is 6.70. The van der Waals surface area contributed by atoms with E-state index < -0.39 is 0 Å². The molecular formula is C20H21N7O. The van der Waals surface area contributed by atoms with Gasteiger partial charge < -0.3 is 10.2 Å². The summed E-state index contributed by atoms with van der Waals surface area (Å²) >= 11 is 0. The zero-order chi connectivity index (χ0) is 19.1. The van der Waals surface area contributed by atoms with Gasteiger partial charge >= 0.3 is 0 Å². The standard InChI is InChI=1S/C20H21N7O/c1-13-10-22-19(11-21-13)25-16-8-14-9-18(16)26(12-14)20(28)15-4-2-3-5-17(15)27-23-6-7-24-27/h2-7,10-11,14,16,18H,8-9,12H2,1H3,(H,22,25). The average molecular weight is 375 g/mol. The van der Waals surface area contributed by atoms with Crippen molar-refractivity contribution in [3.05, 3.63) is 60.3 Å². The second-order valence-electron chi connectivity index (χ2n) is 7.49. The molecule has 3 atom stereocenters. The smallest absolute Gasteiger partial charge is 0.256 e. The van der Waals surface area contributed by atoms with Crippen LogP contribution in [0, 0.1) is 12.8 Å². The summed E-state index contributed by atoms with van der Waals surface area (Å²) in [5.74, 6) is 1.30. The van der Waals surface area contributed by atoms with Gasteiger partial charge in [0, 0.05) is 12.6 Å². The molecule has 1 amide bonds. The number of nitrogens with one attached hydrogen (secondary N) is 1. The van der Waals surface area contributed by atoms with E-state index in [0.29, 0.717) is 17.2 Å². The van der Waals surface area contributed by atoms with E-state index in [-0.39, 0.29) is 18.0 Å². The summed E-state index contributed by atoms with van der Waals surface area (Å²) in [7, 11) is 0. The van der Waals surface area contributed by atoms with Crippen molar-refractivity contribution in [2.24, 2.45) is 5.92 Å². The SMILES string of the molecule is Cc1cnc(NC2CC3CC2N(C(=O)c2ccccc2-n2nccn2)C3)cn1. The average Bonchev–Trinajstić information content (AvgIpc) is 3.46. The van der Waals surface area contributed by atoms with Gasteiger partial charge in [-0.3, -0.25) is 9.78 Å². The van der Waals surface area contributed by atoms with Crippen LogP contribution in [0.1, 0.15) is 28.9 Å². The van der Waals surface area contributed by atoms with E-state index in [1.54, 1.807) is 24.8 Å². The number of benzene rings is 1. The van der Waals surface area contributed by atoms with Crippen molar-refractivity contribution in [1.82, 2.24) is 29.9 Å². The molecule has 5 rings (SSSR count). The molecular weight excluding hydrogens is 354 g/mol. The van der Waals surface area contributed by atoms with Crippen molar-refractivity contribution < 1.29 is 4.79 Å². The van der Waals surface area contributed by atoms with E-state index in [9.17, 15) is 4.79 Å². The number of carbonyl (C=O) groups excluding carboxylic acids is 1. The molecule has 0 spiro atoms. The fourth-order valence-electron chi connectivity index (χ4n) is 4.39. The van der Waals surface area contributed by atoms with E-state index in [2.05, 4.69) is 25.5 Å². The Kier molecular flexibility index (Phi) is 4.03. The fourth-order valence-corrected chi connectivity index (χ4v) is 4.39. The number of nitrogens with zero attached hydrogens (tertiary/aromatic N) is 6. The molecule has 1 aliphatic heterocycles. The largest absolute Gasteiger partial charge is 0.364 e. The minimum atomic E-state index is 0.0295. The first-order chi connectivity index (χ1) is 13.7. The first-order valence-corrected chi connectivity index (χ1v) is 9.51. The number of para-hydroxylation sites is 1. The van der Waals surface area contributed by atoms with Crippen LogP contribution in [0.3, 0.4) is 0 Å². The number of hydrogen-bond donors (Lipinski definition) is 1. The number of rotatable bonds is 4. The summed E-state index contributed by atoms with van der Waals surface area (Å²) in [6.07, 6.45) is 8.80. The highest BCUT2D eigenvalue weighted by Crippen LogP contribution is 2.40. The van der Waals surface area contributed by atoms with Gasteiger partial charge in [-0.15, -0.1) is 0 Å². The summed E-state index contributed by atoms with van der Waals surface area (Å²) in [5.41, 5.74) is 2.22. The number of piperidine rings is 1. The van der Waals surface area contributed by atoms with Gasteiger partial charge in [0.25, 0.3) is 5.91 Å². The molecule has 1 aromatic carbocycles. The van der Waals surface area contributed by atoms with Gasteiger partial charge in [-0.05, 0) is 37.8 Å². The Morgan fingerprint density at radius 1 is 1.11 bits per heavy atom. The highest BCUT2D eigenvalue weighted by atomic mass is 16.2. The molecule has 28 heavy (non-hydrogen) atoms. The van der Waals surface area contributed by atoms with Gasteiger partial charge in [0.2, 0.25) is 0 Å². The molecule has 2 fully saturated rings. The Bertz CT molecular complexity index is 986. The maximum Gasteiger partial charge on any atom is 0.256 e. The van der Waals surface area contributed by atoms with E-state index in [0.717, 1.165) is 30.9 Å². The van der Waals surface area contributed by atoms with Gasteiger partial charge in [-0.1, -0.05) is 12.1 Å². The van der Waals surface area contributed by atoms with Crippen LogP contribution in [-0.2, 0) is 0 Å². The number of aryl methyl sites for hydroxylation is 1. The number of hydrogen-bond acceptors (Lipinski definition) is 6. The van der Waals surface area contributed by atoms with E-state index in [1.807, 2.05) is 36.1 Å². The van der Waals surface area contributed by atoms with Crippen LogP contribution in [0.2, 0.25) is 0 Å². The lowest BCUT2D eigenvalue weighted by Gasteiger charge is -2.34. The zero-order valence-corrected chi connectivity index (χ0v) is 15.6. The molecule has 1 aliphatic carbocycles. The first-order valence-electron chi connectivity index (χ1n) is 9.51. The normalized spacial score (nSPS) is 23.2. The third-order valence-corrected chi connectivity index (χ3v) is 5.63. The molecule has 1 saturated carbocycles. The van der Waals surface area contributed by atoms with Crippen LogP contribution in [0.25, 0.3) is 5.69 Å². The van der Waals surface area contributed by atoms with Crippen molar-refractivity contribution in [3.8, 4) is 5.69 Å². The van der Waals surface area contributed by atoms with Gasteiger partial charge in [0.1, 0.15) is 5.82 Å². The Balaban J connectivity index is 1.39. The molecule has 8 nitrogen and oxygen atoms in total. The molecule has 1 saturated heterocycles. The van der Waals surface area contributed by atoms with Crippen LogP contribution in [0.5, 0.6) is 0 Å². The Morgan fingerprint density at radius 2 is 1.93 bits per heavy atom. The van der Waals surface area contributed by atoms with Crippen molar-refractivity contribution in [3.63, 3.8) is 0 Å². The van der Waals surface area contributed by atoms with Gasteiger partial charge in [0.05, 0.1) is 47.8 Å². The first kappa shape index (κ1) is 16.9. The third kappa shape index (κ3) is 2.90. The van der Waals surface area contributed by atoms with Gasteiger partial charge in [0.15, 0.2) is 0 Å². The number of anilines is 1. The third-order valence-electron chi connectivity index (χ3n) is 5.63. The van der Waals surface area contributed by atoms with E-state index in [1.165, 1.54) is 4.80 Å². The summed E-state index contributed by atoms with van der Waals surface area (Å²) in [5, 5.41) is 11.9. The molecule has 8 heteroatoms. The van der Waals surface area contributed by atoms with E-state index in [4.69, 9.17) is 0 Å². The maximum absolute atomic E-state index is 13.4. The molecule has 3 unspecified atom stereocenters. The Morgan fingerprint density at radius 3 is 2.68 bits per heavy atom. The van der Waals surface area contributed by atoms with Gasteiger partial charge in [-0.2, -0.15) is 15.0 Å². The number of carbonyl (C=O) groups is 1. The predicted octanol–water partition coefficient (Wildman–Crippen LogP) is 2.08. The Labute approximate surface area is 162 Å². The lowest BCUT2D eigenvalue weighted by atomic mass is 10.0. The number of aromatic nitrogens is 5.